The predicted octanol–water partition coefficient (Wildman–Crippen LogP) is 2.01. The Labute approximate surface area is 110 Å². The van der Waals surface area contributed by atoms with Crippen molar-refractivity contribution in [2.45, 2.75) is 60.5 Å². The number of nitrogens with one attached hydrogen (secondary N) is 2. The van der Waals surface area contributed by atoms with Gasteiger partial charge in [0.1, 0.15) is 0 Å². The van der Waals surface area contributed by atoms with E-state index in [9.17, 15) is 9.59 Å². The van der Waals surface area contributed by atoms with Crippen molar-refractivity contribution in [1.82, 2.24) is 10.6 Å². The van der Waals surface area contributed by atoms with E-state index in [0.29, 0.717) is 5.57 Å². The van der Waals surface area contributed by atoms with Gasteiger partial charge in [0.05, 0.1) is 0 Å². The summed E-state index contributed by atoms with van der Waals surface area (Å²) in [7, 11) is 0. The number of carbonyl (C=O) groups excluding carboxylic acids is 2. The lowest BCUT2D eigenvalue weighted by Gasteiger charge is -2.20. The van der Waals surface area contributed by atoms with Gasteiger partial charge in [-0.05, 0) is 27.7 Å². The normalized spacial score (nSPS) is 14.3. The highest BCUT2D eigenvalue weighted by atomic mass is 16.2. The van der Waals surface area contributed by atoms with Crippen LogP contribution < -0.4 is 10.6 Å². The third kappa shape index (κ3) is 6.42. The van der Waals surface area contributed by atoms with E-state index in [1.54, 1.807) is 13.0 Å². The van der Waals surface area contributed by atoms with Gasteiger partial charge in [0, 0.05) is 23.1 Å². The number of hydrogen-bond acceptors (Lipinski definition) is 2. The van der Waals surface area contributed by atoms with Crippen molar-refractivity contribution in [1.29, 1.82) is 0 Å². The molecule has 0 aliphatic carbocycles. The van der Waals surface area contributed by atoms with Gasteiger partial charge in [0.25, 0.3) is 0 Å². The molecule has 18 heavy (non-hydrogen) atoms. The maximum atomic E-state index is 11.8. The molecule has 2 N–H and O–H groups in total. The molecule has 0 heterocycles. The average Bonchev–Trinajstić information content (AvgIpc) is 2.14. The standard InChI is InChI=1S/C14H26N2O2/c1-9(2)15-12(17)10(3)8-11(4)16-13(18)14(5,6)7/h8-9,11H,1-7H3,(H,15,17)(H,16,18)/b10-8-/t11-/m0/s1. The second kappa shape index (κ2) is 6.57. The van der Waals surface area contributed by atoms with Crippen LogP contribution in [0.4, 0.5) is 0 Å². The molecular weight excluding hydrogens is 228 g/mol. The van der Waals surface area contributed by atoms with Crippen LogP contribution in [0.3, 0.4) is 0 Å². The number of carbonyl (C=O) groups is 2. The van der Waals surface area contributed by atoms with E-state index in [0.717, 1.165) is 0 Å². The maximum absolute atomic E-state index is 11.8. The molecule has 104 valence electrons. The Balaban J connectivity index is 4.50. The summed E-state index contributed by atoms with van der Waals surface area (Å²) >= 11 is 0. The first kappa shape index (κ1) is 16.7. The van der Waals surface area contributed by atoms with Crippen LogP contribution in [0.15, 0.2) is 11.6 Å². The lowest BCUT2D eigenvalue weighted by Crippen LogP contribution is -2.40. The molecule has 0 aromatic rings. The van der Waals surface area contributed by atoms with Crippen molar-refractivity contribution in [2.75, 3.05) is 0 Å². The van der Waals surface area contributed by atoms with Gasteiger partial charge in [-0.3, -0.25) is 9.59 Å². The quantitative estimate of drug-likeness (QED) is 0.754. The van der Waals surface area contributed by atoms with E-state index in [1.165, 1.54) is 0 Å². The van der Waals surface area contributed by atoms with Gasteiger partial charge in [-0.15, -0.1) is 0 Å². The third-order valence-corrected chi connectivity index (χ3v) is 2.32. The molecular formula is C14H26N2O2. The van der Waals surface area contributed by atoms with Crippen LogP contribution in [0, 0.1) is 5.41 Å². The van der Waals surface area contributed by atoms with Gasteiger partial charge < -0.3 is 10.6 Å². The van der Waals surface area contributed by atoms with Gasteiger partial charge in [-0.2, -0.15) is 0 Å². The fourth-order valence-electron chi connectivity index (χ4n) is 1.29. The molecule has 0 saturated carbocycles. The lowest BCUT2D eigenvalue weighted by molar-refractivity contribution is -0.128. The summed E-state index contributed by atoms with van der Waals surface area (Å²) in [4.78, 5) is 23.4. The lowest BCUT2D eigenvalue weighted by atomic mass is 9.95. The minimum absolute atomic E-state index is 0.0247. The smallest absolute Gasteiger partial charge is 0.246 e. The molecule has 0 fully saturated rings. The predicted molar refractivity (Wildman–Crippen MR) is 74.1 cm³/mol. The SMILES string of the molecule is C/C(=C/[C@H](C)NC(=O)C(C)(C)C)C(=O)NC(C)C. The first-order valence-corrected chi connectivity index (χ1v) is 6.34. The molecule has 0 saturated heterocycles. The van der Waals surface area contributed by atoms with E-state index in [4.69, 9.17) is 0 Å². The molecule has 0 aromatic carbocycles. The maximum Gasteiger partial charge on any atom is 0.246 e. The minimum Gasteiger partial charge on any atom is -0.350 e. The Morgan fingerprint density at radius 3 is 1.94 bits per heavy atom. The van der Waals surface area contributed by atoms with Gasteiger partial charge in [0.15, 0.2) is 0 Å². The highest BCUT2D eigenvalue weighted by Gasteiger charge is 2.22. The Morgan fingerprint density at radius 2 is 1.56 bits per heavy atom. The summed E-state index contributed by atoms with van der Waals surface area (Å²) in [6.07, 6.45) is 1.77. The monoisotopic (exact) mass is 254 g/mol. The van der Waals surface area contributed by atoms with Crippen LogP contribution in [-0.4, -0.2) is 23.9 Å². The molecule has 2 amide bonds. The topological polar surface area (TPSA) is 58.2 Å². The molecule has 1 atom stereocenters. The van der Waals surface area contributed by atoms with Crippen molar-refractivity contribution in [3.8, 4) is 0 Å². The van der Waals surface area contributed by atoms with Gasteiger partial charge in [-0.1, -0.05) is 26.8 Å². The summed E-state index contributed by atoms with van der Waals surface area (Å²) in [5.41, 5.74) is 0.196. The first-order chi connectivity index (χ1) is 8.04. The van der Waals surface area contributed by atoms with E-state index >= 15 is 0 Å². The van der Waals surface area contributed by atoms with E-state index < -0.39 is 5.41 Å². The fraction of sp³-hybridized carbons (Fsp3) is 0.714. The summed E-state index contributed by atoms with van der Waals surface area (Å²) in [5.74, 6) is -0.120. The number of hydrogen-bond donors (Lipinski definition) is 2. The Kier molecular flexibility index (Phi) is 6.09. The average molecular weight is 254 g/mol. The molecule has 0 aliphatic rings. The molecule has 0 unspecified atom stereocenters. The van der Waals surface area contributed by atoms with Gasteiger partial charge in [0.2, 0.25) is 11.8 Å². The zero-order valence-corrected chi connectivity index (χ0v) is 12.5. The summed E-state index contributed by atoms with van der Waals surface area (Å²) in [6.45, 7) is 13.0. The van der Waals surface area contributed by atoms with Crippen molar-refractivity contribution in [2.24, 2.45) is 5.41 Å². The van der Waals surface area contributed by atoms with Crippen LogP contribution in [0.5, 0.6) is 0 Å². The summed E-state index contributed by atoms with van der Waals surface area (Å²) < 4.78 is 0. The summed E-state index contributed by atoms with van der Waals surface area (Å²) in [6, 6.07) is -0.0463. The molecule has 0 bridgehead atoms. The Morgan fingerprint density at radius 1 is 1.06 bits per heavy atom. The third-order valence-electron chi connectivity index (χ3n) is 2.32. The highest BCUT2D eigenvalue weighted by Crippen LogP contribution is 2.13. The zero-order chi connectivity index (χ0) is 14.5. The van der Waals surface area contributed by atoms with Crippen molar-refractivity contribution in [3.63, 3.8) is 0 Å². The van der Waals surface area contributed by atoms with Crippen LogP contribution in [0.2, 0.25) is 0 Å². The molecule has 0 aromatic heterocycles. The minimum atomic E-state index is -0.420. The van der Waals surface area contributed by atoms with Gasteiger partial charge >= 0.3 is 0 Å². The fourth-order valence-corrected chi connectivity index (χ4v) is 1.29. The van der Waals surface area contributed by atoms with Crippen LogP contribution in [0.1, 0.15) is 48.5 Å². The molecule has 0 spiro atoms. The van der Waals surface area contributed by atoms with Crippen LogP contribution in [0.25, 0.3) is 0 Å². The van der Waals surface area contributed by atoms with E-state index in [2.05, 4.69) is 10.6 Å². The molecule has 0 aliphatic heterocycles. The van der Waals surface area contributed by atoms with Crippen molar-refractivity contribution >= 4 is 11.8 Å². The van der Waals surface area contributed by atoms with Crippen molar-refractivity contribution < 1.29 is 9.59 Å². The number of rotatable bonds is 4. The van der Waals surface area contributed by atoms with Crippen molar-refractivity contribution in [3.05, 3.63) is 11.6 Å². The first-order valence-electron chi connectivity index (χ1n) is 6.34. The Hall–Kier alpha value is -1.32. The second-order valence-corrected chi connectivity index (χ2v) is 5.99. The van der Waals surface area contributed by atoms with Crippen LogP contribution >= 0.6 is 0 Å². The molecule has 0 radical (unpaired) electrons. The number of amides is 2. The summed E-state index contributed by atoms with van der Waals surface area (Å²) in [5, 5.41) is 5.68. The van der Waals surface area contributed by atoms with E-state index in [-0.39, 0.29) is 23.9 Å². The van der Waals surface area contributed by atoms with E-state index in [1.807, 2.05) is 41.5 Å². The molecule has 0 rings (SSSR count). The highest BCUT2D eigenvalue weighted by molar-refractivity contribution is 5.93. The largest absolute Gasteiger partial charge is 0.350 e. The van der Waals surface area contributed by atoms with Gasteiger partial charge in [-0.25, -0.2) is 0 Å². The Bertz CT molecular complexity index is 338. The molecule has 4 heteroatoms. The second-order valence-electron chi connectivity index (χ2n) is 5.99. The molecule has 4 nitrogen and oxygen atoms in total. The van der Waals surface area contributed by atoms with Crippen LogP contribution in [-0.2, 0) is 9.59 Å². The zero-order valence-electron chi connectivity index (χ0n) is 12.5.